The van der Waals surface area contributed by atoms with Crippen LogP contribution in [-0.2, 0) is 4.79 Å². The molecule has 3 heterocycles. The number of hydrazine groups is 1. The summed E-state index contributed by atoms with van der Waals surface area (Å²) in [7, 11) is 4.07. The molecule has 0 saturated carbocycles. The number of likely N-dealkylation sites (tertiary alicyclic amines) is 1. The fraction of sp³-hybridized carbons (Fsp3) is 0.621. The number of amides is 1. The summed E-state index contributed by atoms with van der Waals surface area (Å²) < 4.78 is 0. The number of piperazine rings is 1. The van der Waals surface area contributed by atoms with E-state index in [4.69, 9.17) is 12.2 Å². The van der Waals surface area contributed by atoms with Gasteiger partial charge in [0.1, 0.15) is 0 Å². The van der Waals surface area contributed by atoms with Crippen LogP contribution < -0.4 is 10.3 Å². The highest BCUT2D eigenvalue weighted by atomic mass is 32.1. The van der Waals surface area contributed by atoms with E-state index in [0.29, 0.717) is 11.0 Å². The van der Waals surface area contributed by atoms with Crippen molar-refractivity contribution in [2.24, 2.45) is 16.8 Å². The molecule has 1 atom stereocenters. The molecule has 3 aliphatic rings. The number of benzene rings is 1. The molecule has 0 radical (unpaired) electrons. The smallest absolute Gasteiger partial charge is 0.225 e. The molecule has 1 N–H and O–H groups in total. The number of piperidine rings is 2. The van der Waals surface area contributed by atoms with E-state index in [9.17, 15) is 4.79 Å². The maximum Gasteiger partial charge on any atom is 0.225 e. The largest absolute Gasteiger partial charge is 0.371 e. The number of anilines is 1. The van der Waals surface area contributed by atoms with Crippen molar-refractivity contribution in [1.29, 1.82) is 0 Å². The molecule has 4 rings (SSSR count). The molecule has 0 spiro atoms. The van der Waals surface area contributed by atoms with Gasteiger partial charge in [0.25, 0.3) is 0 Å². The highest BCUT2D eigenvalue weighted by molar-refractivity contribution is 7.80. The summed E-state index contributed by atoms with van der Waals surface area (Å²) in [6.07, 6.45) is 4.25. The number of carbonyl (C=O) groups is 1. The van der Waals surface area contributed by atoms with Gasteiger partial charge in [0, 0.05) is 76.6 Å². The molecule has 1 aromatic rings. The number of carbonyl (C=O) groups excluding carboxylic acids is 1. The SMILES string of the molecule is C=N/C(=C(/C)N(C)NC(=S)N1CCC(C(=O)N2CCN(C)CC2)CC1)c1ccc(N2CCCC(C)C2)cc1. The molecule has 0 aromatic heterocycles. The zero-order valence-electron chi connectivity index (χ0n) is 23.7. The monoisotopic (exact) mass is 539 g/mol. The van der Waals surface area contributed by atoms with Gasteiger partial charge in [-0.3, -0.25) is 20.2 Å². The number of nitrogens with one attached hydrogen (secondary N) is 1. The van der Waals surface area contributed by atoms with E-state index in [1.807, 2.05) is 23.9 Å². The lowest BCUT2D eigenvalue weighted by molar-refractivity contribution is -0.138. The highest BCUT2D eigenvalue weighted by Gasteiger charge is 2.30. The fourth-order valence-electron chi connectivity index (χ4n) is 5.74. The Bertz CT molecular complexity index is 1010. The molecule has 3 saturated heterocycles. The number of aliphatic imine (C=N–C) groups is 1. The van der Waals surface area contributed by atoms with E-state index in [1.165, 1.54) is 18.5 Å². The number of hydrogen-bond donors (Lipinski definition) is 1. The lowest BCUT2D eigenvalue weighted by Gasteiger charge is -2.39. The normalized spacial score (nSPS) is 22.1. The van der Waals surface area contributed by atoms with Crippen LogP contribution in [0.15, 0.2) is 35.0 Å². The van der Waals surface area contributed by atoms with Gasteiger partial charge < -0.3 is 19.6 Å². The van der Waals surface area contributed by atoms with Gasteiger partial charge in [0.05, 0.1) is 11.4 Å². The molecule has 1 amide bonds. The van der Waals surface area contributed by atoms with Gasteiger partial charge >= 0.3 is 0 Å². The average molecular weight is 540 g/mol. The van der Waals surface area contributed by atoms with Crippen molar-refractivity contribution in [3.05, 3.63) is 35.5 Å². The van der Waals surface area contributed by atoms with E-state index in [-0.39, 0.29) is 5.92 Å². The van der Waals surface area contributed by atoms with Crippen LogP contribution in [0.2, 0.25) is 0 Å². The molecule has 9 heteroatoms. The summed E-state index contributed by atoms with van der Waals surface area (Å²) in [4.78, 5) is 26.3. The minimum atomic E-state index is 0.101. The number of likely N-dealkylation sites (N-methyl/N-ethyl adjacent to an activating group) is 1. The molecule has 208 valence electrons. The van der Waals surface area contributed by atoms with Crippen molar-refractivity contribution in [3.63, 3.8) is 0 Å². The fourth-order valence-corrected chi connectivity index (χ4v) is 6.06. The molecular weight excluding hydrogens is 494 g/mol. The van der Waals surface area contributed by atoms with E-state index in [2.05, 4.69) is 70.1 Å². The topological polar surface area (TPSA) is 57.7 Å². The third-order valence-corrected chi connectivity index (χ3v) is 8.73. The Morgan fingerprint density at radius 1 is 1.03 bits per heavy atom. The van der Waals surface area contributed by atoms with E-state index in [1.54, 1.807) is 0 Å². The summed E-state index contributed by atoms with van der Waals surface area (Å²) in [6.45, 7) is 15.6. The predicted molar refractivity (Wildman–Crippen MR) is 161 cm³/mol. The third-order valence-electron chi connectivity index (χ3n) is 8.38. The van der Waals surface area contributed by atoms with Crippen molar-refractivity contribution in [2.75, 3.05) is 71.4 Å². The Labute approximate surface area is 234 Å². The van der Waals surface area contributed by atoms with Crippen LogP contribution in [0.5, 0.6) is 0 Å². The van der Waals surface area contributed by atoms with E-state index >= 15 is 0 Å². The third kappa shape index (κ3) is 6.86. The van der Waals surface area contributed by atoms with E-state index in [0.717, 1.165) is 88.1 Å². The summed E-state index contributed by atoms with van der Waals surface area (Å²) in [6, 6.07) is 8.65. The lowest BCUT2D eigenvalue weighted by atomic mass is 9.95. The van der Waals surface area contributed by atoms with Gasteiger partial charge in [0.2, 0.25) is 5.91 Å². The van der Waals surface area contributed by atoms with Crippen molar-refractivity contribution in [1.82, 2.24) is 25.1 Å². The second kappa shape index (κ2) is 12.9. The number of hydrogen-bond acceptors (Lipinski definition) is 6. The molecule has 1 aromatic carbocycles. The van der Waals surface area contributed by atoms with Gasteiger partial charge in [0.15, 0.2) is 5.11 Å². The lowest BCUT2D eigenvalue weighted by Crippen LogP contribution is -2.53. The molecule has 0 bridgehead atoms. The molecule has 8 nitrogen and oxygen atoms in total. The minimum Gasteiger partial charge on any atom is -0.371 e. The van der Waals surface area contributed by atoms with Crippen LogP contribution in [0.4, 0.5) is 5.69 Å². The second-order valence-corrected chi connectivity index (χ2v) is 11.6. The van der Waals surface area contributed by atoms with Gasteiger partial charge in [-0.05, 0) is 76.6 Å². The molecule has 3 fully saturated rings. The van der Waals surface area contributed by atoms with Crippen LogP contribution in [0.25, 0.3) is 5.70 Å². The second-order valence-electron chi connectivity index (χ2n) is 11.2. The highest BCUT2D eigenvalue weighted by Crippen LogP contribution is 2.27. The van der Waals surface area contributed by atoms with Gasteiger partial charge in [-0.25, -0.2) is 0 Å². The number of allylic oxidation sites excluding steroid dienone is 1. The van der Waals surface area contributed by atoms with Crippen LogP contribution in [0.1, 0.15) is 45.1 Å². The molecule has 38 heavy (non-hydrogen) atoms. The first kappa shape index (κ1) is 28.4. The Morgan fingerprint density at radius 3 is 2.29 bits per heavy atom. The molecular formula is C29H45N7OS. The van der Waals surface area contributed by atoms with Crippen molar-refractivity contribution in [2.45, 2.75) is 39.5 Å². The quantitative estimate of drug-likeness (QED) is 0.337. The summed E-state index contributed by atoms with van der Waals surface area (Å²) in [5.74, 6) is 1.15. The van der Waals surface area contributed by atoms with Crippen molar-refractivity contribution in [3.8, 4) is 0 Å². The number of nitrogens with zero attached hydrogens (tertiary/aromatic N) is 6. The minimum absolute atomic E-state index is 0.101. The molecule has 3 aliphatic heterocycles. The first-order valence-electron chi connectivity index (χ1n) is 14.1. The van der Waals surface area contributed by atoms with Crippen molar-refractivity contribution >= 4 is 41.3 Å². The number of rotatable bonds is 6. The average Bonchev–Trinajstić information content (AvgIpc) is 2.94. The molecule has 1 unspecified atom stereocenters. The predicted octanol–water partition coefficient (Wildman–Crippen LogP) is 3.52. The first-order valence-corrected chi connectivity index (χ1v) is 14.5. The molecule has 0 aliphatic carbocycles. The summed E-state index contributed by atoms with van der Waals surface area (Å²) in [5, 5.41) is 2.60. The van der Waals surface area contributed by atoms with Crippen LogP contribution in [0, 0.1) is 11.8 Å². The van der Waals surface area contributed by atoms with Gasteiger partial charge in [-0.2, -0.15) is 0 Å². The maximum atomic E-state index is 13.0. The Morgan fingerprint density at radius 2 is 1.68 bits per heavy atom. The van der Waals surface area contributed by atoms with Crippen LogP contribution in [0.3, 0.4) is 0 Å². The maximum absolute atomic E-state index is 13.0. The zero-order valence-corrected chi connectivity index (χ0v) is 24.5. The Balaban J connectivity index is 1.31. The standard InChI is InChI=1S/C29H45N7OS/c1-22-7-6-14-36(21-22)26-10-8-24(9-11-26)27(30-3)23(2)33(5)31-29(38)35-15-12-25(13-16-35)28(37)34-19-17-32(4)18-20-34/h8-11,22,25H,3,6-7,12-21H2,1-2,4-5H3,(H,31,38)/b27-23-. The van der Waals surface area contributed by atoms with Gasteiger partial charge in [-0.15, -0.1) is 0 Å². The summed E-state index contributed by atoms with van der Waals surface area (Å²) >= 11 is 5.75. The van der Waals surface area contributed by atoms with Crippen LogP contribution >= 0.6 is 12.2 Å². The van der Waals surface area contributed by atoms with Crippen LogP contribution in [-0.4, -0.2) is 104 Å². The Kier molecular flexibility index (Phi) is 9.65. The summed E-state index contributed by atoms with van der Waals surface area (Å²) in [5.41, 5.74) is 7.43. The number of thiocarbonyl (C=S) groups is 1. The Hall–Kier alpha value is -2.65. The van der Waals surface area contributed by atoms with E-state index < -0.39 is 0 Å². The van der Waals surface area contributed by atoms with Crippen molar-refractivity contribution < 1.29 is 4.79 Å². The first-order chi connectivity index (χ1) is 18.3. The van der Waals surface area contributed by atoms with Gasteiger partial charge in [-0.1, -0.05) is 19.1 Å². The zero-order chi connectivity index (χ0) is 27.2.